The molecule has 0 spiro atoms. The minimum Gasteiger partial charge on any atom is -0.288 e. The van der Waals surface area contributed by atoms with Crippen LogP contribution >= 0.6 is 39.1 Å². The minimum atomic E-state index is -0.853. The van der Waals surface area contributed by atoms with Crippen LogP contribution in [0, 0.1) is 11.6 Å². The van der Waals surface area contributed by atoms with Gasteiger partial charge < -0.3 is 0 Å². The normalized spacial score (nSPS) is 10.6. The Morgan fingerprint density at radius 2 is 1.63 bits per heavy atom. The van der Waals surface area contributed by atoms with E-state index >= 15 is 0 Å². The Hall–Kier alpha value is -0.970. The van der Waals surface area contributed by atoms with E-state index in [0.29, 0.717) is 0 Å². The quantitative estimate of drug-likeness (QED) is 0.523. The molecule has 1 nitrogen and oxygen atoms in total. The number of halogens is 5. The van der Waals surface area contributed by atoms with Gasteiger partial charge in [0.15, 0.2) is 5.78 Å². The molecule has 0 aromatic heterocycles. The van der Waals surface area contributed by atoms with Gasteiger partial charge in [-0.15, -0.1) is 0 Å². The highest BCUT2D eigenvalue weighted by Crippen LogP contribution is 2.29. The zero-order valence-corrected chi connectivity index (χ0v) is 12.3. The van der Waals surface area contributed by atoms with E-state index in [2.05, 4.69) is 15.9 Å². The summed E-state index contributed by atoms with van der Waals surface area (Å²) in [6.45, 7) is 0. The first-order valence-corrected chi connectivity index (χ1v) is 6.60. The number of ketones is 1. The lowest BCUT2D eigenvalue weighted by Gasteiger charge is -2.07. The van der Waals surface area contributed by atoms with Crippen LogP contribution in [0.1, 0.15) is 15.9 Å². The fourth-order valence-corrected chi connectivity index (χ4v) is 2.43. The summed E-state index contributed by atoms with van der Waals surface area (Å²) < 4.78 is 27.1. The van der Waals surface area contributed by atoms with E-state index in [1.165, 1.54) is 12.1 Å². The summed E-state index contributed by atoms with van der Waals surface area (Å²) in [7, 11) is 0. The van der Waals surface area contributed by atoms with Gasteiger partial charge in [-0.3, -0.25) is 4.79 Å². The molecule has 0 fully saturated rings. The van der Waals surface area contributed by atoms with Crippen molar-refractivity contribution in [2.45, 2.75) is 0 Å². The number of hydrogen-bond donors (Lipinski definition) is 0. The standard InChI is InChI=1S/C13H5BrCl2F2O/c14-7-5-10(17)6(4-11(7)18)13(19)12-8(15)2-1-3-9(12)16/h1-5H. The molecule has 2 aromatic carbocycles. The molecule has 0 saturated carbocycles. The molecule has 0 bridgehead atoms. The van der Waals surface area contributed by atoms with Gasteiger partial charge in [-0.25, -0.2) is 8.78 Å². The summed E-state index contributed by atoms with van der Waals surface area (Å²) in [5.74, 6) is -2.36. The molecule has 0 aliphatic carbocycles. The first-order chi connectivity index (χ1) is 8.91. The third-order valence-corrected chi connectivity index (χ3v) is 3.68. The van der Waals surface area contributed by atoms with Gasteiger partial charge in [0, 0.05) is 0 Å². The zero-order valence-electron chi connectivity index (χ0n) is 9.18. The largest absolute Gasteiger partial charge is 0.288 e. The number of carbonyl (C=O) groups is 1. The van der Waals surface area contributed by atoms with Gasteiger partial charge in [0.2, 0.25) is 0 Å². The second-order valence-electron chi connectivity index (χ2n) is 3.67. The highest BCUT2D eigenvalue weighted by molar-refractivity contribution is 9.10. The van der Waals surface area contributed by atoms with Gasteiger partial charge >= 0.3 is 0 Å². The van der Waals surface area contributed by atoms with Crippen LogP contribution in [0.25, 0.3) is 0 Å². The van der Waals surface area contributed by atoms with E-state index in [4.69, 9.17) is 23.2 Å². The molecule has 98 valence electrons. The Morgan fingerprint density at radius 1 is 1.05 bits per heavy atom. The van der Waals surface area contributed by atoms with Crippen molar-refractivity contribution in [3.8, 4) is 0 Å². The Bertz CT molecular complexity index is 654. The minimum absolute atomic E-state index is 0.0496. The van der Waals surface area contributed by atoms with E-state index < -0.39 is 23.0 Å². The number of carbonyl (C=O) groups excluding carboxylic acids is 1. The van der Waals surface area contributed by atoms with Crippen molar-refractivity contribution in [2.24, 2.45) is 0 Å². The molecule has 0 aliphatic rings. The topological polar surface area (TPSA) is 17.1 Å². The van der Waals surface area contributed by atoms with Crippen LogP contribution < -0.4 is 0 Å². The maximum Gasteiger partial charge on any atom is 0.199 e. The van der Waals surface area contributed by atoms with Gasteiger partial charge in [-0.05, 0) is 40.2 Å². The highest BCUT2D eigenvalue weighted by atomic mass is 79.9. The molecule has 0 atom stereocenters. The van der Waals surface area contributed by atoms with E-state index in [1.807, 2.05) is 0 Å². The molecule has 19 heavy (non-hydrogen) atoms. The lowest BCUT2D eigenvalue weighted by atomic mass is 10.0. The van der Waals surface area contributed by atoms with E-state index in [9.17, 15) is 13.6 Å². The second-order valence-corrected chi connectivity index (χ2v) is 5.34. The summed E-state index contributed by atoms with van der Waals surface area (Å²) in [6, 6.07) is 6.15. The van der Waals surface area contributed by atoms with E-state index in [0.717, 1.165) is 12.1 Å². The second kappa shape index (κ2) is 5.57. The molecule has 0 N–H and O–H groups in total. The molecule has 2 rings (SSSR count). The number of hydrogen-bond acceptors (Lipinski definition) is 1. The monoisotopic (exact) mass is 364 g/mol. The summed E-state index contributed by atoms with van der Waals surface area (Å²) in [4.78, 5) is 12.2. The van der Waals surface area contributed by atoms with Crippen LogP contribution in [0.4, 0.5) is 8.78 Å². The average molecular weight is 366 g/mol. The van der Waals surface area contributed by atoms with Gasteiger partial charge in [-0.1, -0.05) is 29.3 Å². The Kier molecular flexibility index (Phi) is 4.23. The maximum absolute atomic E-state index is 13.7. The van der Waals surface area contributed by atoms with Crippen LogP contribution in [-0.4, -0.2) is 5.78 Å². The van der Waals surface area contributed by atoms with Crippen LogP contribution in [0.15, 0.2) is 34.8 Å². The fraction of sp³-hybridized carbons (Fsp3) is 0. The summed E-state index contributed by atoms with van der Waals surface area (Å²) in [5.41, 5.74) is -0.470. The van der Waals surface area contributed by atoms with Gasteiger partial charge in [0.05, 0.1) is 25.6 Å². The summed E-state index contributed by atoms with van der Waals surface area (Å²) in [5, 5.41) is 0.167. The highest BCUT2D eigenvalue weighted by Gasteiger charge is 2.21. The molecule has 0 amide bonds. The van der Waals surface area contributed by atoms with Crippen LogP contribution in [0.3, 0.4) is 0 Å². The van der Waals surface area contributed by atoms with Crippen molar-refractivity contribution in [1.29, 1.82) is 0 Å². The predicted molar refractivity (Wildman–Crippen MR) is 74.0 cm³/mol. The Labute approximate surface area is 126 Å². The van der Waals surface area contributed by atoms with Crippen LogP contribution in [0.2, 0.25) is 10.0 Å². The molecule has 2 aromatic rings. The van der Waals surface area contributed by atoms with Crippen LogP contribution in [-0.2, 0) is 0 Å². The molecule has 0 aliphatic heterocycles. The third-order valence-electron chi connectivity index (χ3n) is 2.44. The van der Waals surface area contributed by atoms with Gasteiger partial charge in [0.1, 0.15) is 11.6 Å². The summed E-state index contributed by atoms with van der Waals surface area (Å²) >= 11 is 14.6. The zero-order chi connectivity index (χ0) is 14.2. The average Bonchev–Trinajstić information content (AvgIpc) is 2.33. The first kappa shape index (κ1) is 14.4. The molecule has 0 unspecified atom stereocenters. The molecule has 0 saturated heterocycles. The molecule has 6 heteroatoms. The Balaban J connectivity index is 2.60. The lowest BCUT2D eigenvalue weighted by Crippen LogP contribution is -2.07. The van der Waals surface area contributed by atoms with Gasteiger partial charge in [-0.2, -0.15) is 0 Å². The van der Waals surface area contributed by atoms with Crippen molar-refractivity contribution in [3.63, 3.8) is 0 Å². The van der Waals surface area contributed by atoms with Crippen molar-refractivity contribution >= 4 is 44.9 Å². The smallest absolute Gasteiger partial charge is 0.199 e. The van der Waals surface area contributed by atoms with Crippen molar-refractivity contribution < 1.29 is 13.6 Å². The van der Waals surface area contributed by atoms with Crippen LogP contribution in [0.5, 0.6) is 0 Å². The maximum atomic E-state index is 13.7. The summed E-state index contributed by atoms with van der Waals surface area (Å²) in [6.07, 6.45) is 0. The SMILES string of the molecule is O=C(c1cc(F)c(Br)cc1F)c1c(Cl)cccc1Cl. The lowest BCUT2D eigenvalue weighted by molar-refractivity contribution is 0.103. The van der Waals surface area contributed by atoms with E-state index in [1.54, 1.807) is 6.07 Å². The van der Waals surface area contributed by atoms with E-state index in [-0.39, 0.29) is 20.1 Å². The molecule has 0 heterocycles. The first-order valence-electron chi connectivity index (χ1n) is 5.05. The fourth-order valence-electron chi connectivity index (χ4n) is 1.55. The van der Waals surface area contributed by atoms with Crippen molar-refractivity contribution in [1.82, 2.24) is 0 Å². The number of benzene rings is 2. The van der Waals surface area contributed by atoms with Gasteiger partial charge in [0.25, 0.3) is 0 Å². The molecular weight excluding hydrogens is 361 g/mol. The molecule has 0 radical (unpaired) electrons. The third kappa shape index (κ3) is 2.81. The van der Waals surface area contributed by atoms with Crippen molar-refractivity contribution in [2.75, 3.05) is 0 Å². The molecular formula is C13H5BrCl2F2O. The predicted octanol–water partition coefficient (Wildman–Crippen LogP) is 5.27. The van der Waals surface area contributed by atoms with Crippen molar-refractivity contribution in [3.05, 3.63) is 67.6 Å². The number of rotatable bonds is 2. The Morgan fingerprint density at radius 3 is 2.21 bits per heavy atom.